The summed E-state index contributed by atoms with van der Waals surface area (Å²) in [6, 6.07) is 5.51. The third-order valence-corrected chi connectivity index (χ3v) is 5.53. The van der Waals surface area contributed by atoms with Crippen LogP contribution in [0, 0.1) is 0 Å². The summed E-state index contributed by atoms with van der Waals surface area (Å²) in [5.74, 6) is -0.725. The van der Waals surface area contributed by atoms with Crippen molar-refractivity contribution in [1.29, 1.82) is 0 Å². The highest BCUT2D eigenvalue weighted by molar-refractivity contribution is 7.89. The normalized spacial score (nSPS) is 15.0. The van der Waals surface area contributed by atoms with E-state index in [0.29, 0.717) is 5.76 Å². The second kappa shape index (κ2) is 12.8. The van der Waals surface area contributed by atoms with E-state index in [1.165, 1.54) is 12.3 Å². The standard InChI is InChI=1S/C12H11ClN2O5S.C6H14O6/c13-9-5-10(15-6-7-2-1-3-20-7)8(12(16)17)4-11(9)21(14,18)19;7-1-3(9)5(11)6(12)4(10)2-8/h1-5,15H,6H2,(H,16,17)(H2,14,18,19);3-12H,1-2H2/t;3-,4-,5-,6-/m.1/s1. The maximum absolute atomic E-state index is 11.3. The molecule has 0 radical (unpaired) electrons. The van der Waals surface area contributed by atoms with Gasteiger partial charge in [-0.15, -0.1) is 0 Å². The smallest absolute Gasteiger partial charge is 0.337 e. The Morgan fingerprint density at radius 2 is 1.64 bits per heavy atom. The molecule has 0 spiro atoms. The molecule has 186 valence electrons. The maximum atomic E-state index is 11.3. The fourth-order valence-electron chi connectivity index (χ4n) is 2.36. The molecule has 1 aromatic heterocycles. The van der Waals surface area contributed by atoms with E-state index < -0.39 is 58.5 Å². The summed E-state index contributed by atoms with van der Waals surface area (Å²) < 4.78 is 27.8. The fourth-order valence-corrected chi connectivity index (χ4v) is 3.46. The van der Waals surface area contributed by atoms with Crippen LogP contribution < -0.4 is 10.5 Å². The summed E-state index contributed by atoms with van der Waals surface area (Å²) in [4.78, 5) is 10.8. The lowest BCUT2D eigenvalue weighted by Crippen LogP contribution is -2.46. The lowest BCUT2D eigenvalue weighted by Gasteiger charge is -2.24. The molecule has 2 rings (SSSR count). The Hall–Kier alpha value is -2.27. The van der Waals surface area contributed by atoms with E-state index in [9.17, 15) is 13.2 Å². The lowest BCUT2D eigenvalue weighted by molar-refractivity contribution is -0.123. The molecule has 1 heterocycles. The third kappa shape index (κ3) is 8.54. The first-order valence-electron chi connectivity index (χ1n) is 9.13. The molecular weight excluding hydrogens is 488 g/mol. The summed E-state index contributed by atoms with van der Waals surface area (Å²) in [6.07, 6.45) is -4.91. The number of halogens is 1. The number of nitrogens with two attached hydrogens (primary N) is 1. The minimum atomic E-state index is -4.11. The van der Waals surface area contributed by atoms with Gasteiger partial charge in [0.25, 0.3) is 0 Å². The van der Waals surface area contributed by atoms with Crippen LogP contribution in [0.25, 0.3) is 0 Å². The molecule has 0 bridgehead atoms. The Labute approximate surface area is 193 Å². The van der Waals surface area contributed by atoms with Crippen LogP contribution in [0.1, 0.15) is 16.1 Å². The molecule has 13 nitrogen and oxygen atoms in total. The summed E-state index contributed by atoms with van der Waals surface area (Å²) >= 11 is 5.84. The Morgan fingerprint density at radius 3 is 2.03 bits per heavy atom. The van der Waals surface area contributed by atoms with Crippen LogP contribution in [-0.4, -0.2) is 87.8 Å². The highest BCUT2D eigenvalue weighted by Gasteiger charge is 2.29. The minimum absolute atomic E-state index is 0.163. The maximum Gasteiger partial charge on any atom is 0.337 e. The van der Waals surface area contributed by atoms with E-state index in [0.717, 1.165) is 6.07 Å². The van der Waals surface area contributed by atoms with Crippen LogP contribution in [0.5, 0.6) is 0 Å². The zero-order valence-electron chi connectivity index (χ0n) is 16.9. The van der Waals surface area contributed by atoms with Crippen molar-refractivity contribution in [3.63, 3.8) is 0 Å². The number of furan rings is 1. The van der Waals surface area contributed by atoms with Crippen LogP contribution >= 0.6 is 11.6 Å². The third-order valence-electron chi connectivity index (χ3n) is 4.15. The molecular formula is C18H25ClN2O11S. The summed E-state index contributed by atoms with van der Waals surface area (Å²) in [5.41, 5.74) is -0.0914. The SMILES string of the molecule is NS(=O)(=O)c1cc(C(=O)O)c(NCc2ccco2)cc1Cl.OC[C@@H](O)[C@@H](O)[C@H](O)[C@H](O)CO. The van der Waals surface area contributed by atoms with Crippen LogP contribution in [0.15, 0.2) is 39.8 Å². The van der Waals surface area contributed by atoms with E-state index in [4.69, 9.17) is 56.9 Å². The van der Waals surface area contributed by atoms with Gasteiger partial charge < -0.3 is 45.5 Å². The first-order chi connectivity index (χ1) is 15.3. The number of aromatic carboxylic acids is 1. The van der Waals surface area contributed by atoms with Crippen molar-refractivity contribution in [3.8, 4) is 0 Å². The van der Waals surface area contributed by atoms with E-state index in [-0.39, 0.29) is 22.8 Å². The molecule has 0 unspecified atom stereocenters. The molecule has 0 saturated carbocycles. The Balaban J connectivity index is 0.000000389. The number of sulfonamides is 1. The van der Waals surface area contributed by atoms with Crippen molar-refractivity contribution < 1.29 is 53.4 Å². The molecule has 4 atom stereocenters. The van der Waals surface area contributed by atoms with E-state index >= 15 is 0 Å². The van der Waals surface area contributed by atoms with Crippen LogP contribution in [-0.2, 0) is 16.6 Å². The Kier molecular flexibility index (Phi) is 11.2. The van der Waals surface area contributed by atoms with E-state index in [2.05, 4.69) is 5.32 Å². The van der Waals surface area contributed by atoms with E-state index in [1.807, 2.05) is 0 Å². The van der Waals surface area contributed by atoms with Crippen molar-refractivity contribution in [2.75, 3.05) is 18.5 Å². The first-order valence-corrected chi connectivity index (χ1v) is 11.1. The predicted octanol–water partition coefficient (Wildman–Crippen LogP) is -1.69. The van der Waals surface area contributed by atoms with Crippen molar-refractivity contribution in [3.05, 3.63) is 46.9 Å². The molecule has 15 heteroatoms. The number of hydrogen-bond acceptors (Lipinski definition) is 11. The van der Waals surface area contributed by atoms with Gasteiger partial charge in [0.1, 0.15) is 35.1 Å². The van der Waals surface area contributed by atoms with Crippen molar-refractivity contribution in [2.24, 2.45) is 5.14 Å². The van der Waals surface area contributed by atoms with Gasteiger partial charge in [-0.25, -0.2) is 18.4 Å². The number of anilines is 1. The molecule has 1 aromatic carbocycles. The monoisotopic (exact) mass is 512 g/mol. The number of rotatable bonds is 10. The molecule has 0 saturated heterocycles. The quantitative estimate of drug-likeness (QED) is 0.173. The number of carbonyl (C=O) groups is 1. The number of carboxylic acids is 1. The van der Waals surface area contributed by atoms with Gasteiger partial charge in [-0.05, 0) is 24.3 Å². The molecule has 10 N–H and O–H groups in total. The van der Waals surface area contributed by atoms with Gasteiger partial charge in [0.2, 0.25) is 10.0 Å². The van der Waals surface area contributed by atoms with Crippen molar-refractivity contribution in [1.82, 2.24) is 0 Å². The molecule has 0 aliphatic heterocycles. The average Bonchev–Trinajstić information content (AvgIpc) is 3.28. The van der Waals surface area contributed by atoms with Gasteiger partial charge in [-0.1, -0.05) is 11.6 Å². The fraction of sp³-hybridized carbons (Fsp3) is 0.389. The zero-order chi connectivity index (χ0) is 25.3. The molecule has 0 aliphatic carbocycles. The molecule has 33 heavy (non-hydrogen) atoms. The number of hydrogen-bond donors (Lipinski definition) is 9. The number of aliphatic hydroxyl groups excluding tert-OH is 6. The topological polar surface area (TPSA) is 244 Å². The highest BCUT2D eigenvalue weighted by atomic mass is 35.5. The minimum Gasteiger partial charge on any atom is -0.478 e. The second-order valence-corrected chi connectivity index (χ2v) is 8.53. The van der Waals surface area contributed by atoms with Gasteiger partial charge in [0.05, 0.1) is 42.3 Å². The average molecular weight is 513 g/mol. The molecule has 0 fully saturated rings. The Bertz CT molecular complexity index is 987. The molecule has 2 aromatic rings. The van der Waals surface area contributed by atoms with Crippen molar-refractivity contribution >= 4 is 33.3 Å². The van der Waals surface area contributed by atoms with Gasteiger partial charge in [0, 0.05) is 0 Å². The summed E-state index contributed by atoms with van der Waals surface area (Å²) in [7, 11) is -4.11. The van der Waals surface area contributed by atoms with Crippen LogP contribution in [0.2, 0.25) is 5.02 Å². The number of primary sulfonamides is 1. The number of nitrogens with one attached hydrogen (secondary N) is 1. The predicted molar refractivity (Wildman–Crippen MR) is 114 cm³/mol. The van der Waals surface area contributed by atoms with Gasteiger partial charge in [-0.3, -0.25) is 0 Å². The van der Waals surface area contributed by atoms with Gasteiger partial charge in [-0.2, -0.15) is 0 Å². The van der Waals surface area contributed by atoms with Crippen molar-refractivity contribution in [2.45, 2.75) is 35.9 Å². The second-order valence-electron chi connectivity index (χ2n) is 6.59. The number of carboxylic acid groups (broad SMARTS) is 1. The van der Waals surface area contributed by atoms with Gasteiger partial charge in [0.15, 0.2) is 0 Å². The largest absolute Gasteiger partial charge is 0.478 e. The summed E-state index contributed by atoms with van der Waals surface area (Å²) in [6.45, 7) is -1.23. The highest BCUT2D eigenvalue weighted by Crippen LogP contribution is 2.28. The molecule has 0 amide bonds. The Morgan fingerprint density at radius 1 is 1.09 bits per heavy atom. The first kappa shape index (κ1) is 28.8. The lowest BCUT2D eigenvalue weighted by atomic mass is 10.0. The number of benzene rings is 1. The van der Waals surface area contributed by atoms with Crippen LogP contribution in [0.3, 0.4) is 0 Å². The number of aliphatic hydroxyl groups is 6. The van der Waals surface area contributed by atoms with Crippen LogP contribution in [0.4, 0.5) is 5.69 Å². The summed E-state index contributed by atoms with van der Waals surface area (Å²) in [5, 5.41) is 69.0. The van der Waals surface area contributed by atoms with Gasteiger partial charge >= 0.3 is 5.97 Å². The zero-order valence-corrected chi connectivity index (χ0v) is 18.5. The molecule has 0 aliphatic rings. The van der Waals surface area contributed by atoms with E-state index in [1.54, 1.807) is 12.1 Å².